The number of ether oxygens (including phenoxy) is 2. The molecular formula is C20H22N2O4. The Morgan fingerprint density at radius 3 is 2.50 bits per heavy atom. The average molecular weight is 354 g/mol. The summed E-state index contributed by atoms with van der Waals surface area (Å²) in [7, 11) is 1.59. The molecule has 1 aliphatic rings. The summed E-state index contributed by atoms with van der Waals surface area (Å²) in [5.41, 5.74) is 0.679. The molecule has 26 heavy (non-hydrogen) atoms. The molecule has 3 rings (SSSR count). The Bertz CT molecular complexity index is 746. The molecule has 136 valence electrons. The summed E-state index contributed by atoms with van der Waals surface area (Å²) in [5, 5.41) is 2.87. The Balaban J connectivity index is 1.54. The zero-order valence-corrected chi connectivity index (χ0v) is 14.7. The third-order valence-electron chi connectivity index (χ3n) is 4.25. The van der Waals surface area contributed by atoms with Crippen LogP contribution in [0, 0.1) is 5.92 Å². The molecule has 1 saturated heterocycles. The first kappa shape index (κ1) is 17.9. The second kappa shape index (κ2) is 8.49. The number of benzene rings is 2. The van der Waals surface area contributed by atoms with Gasteiger partial charge < -0.3 is 19.7 Å². The van der Waals surface area contributed by atoms with Gasteiger partial charge in [-0.3, -0.25) is 9.59 Å². The van der Waals surface area contributed by atoms with Gasteiger partial charge in [-0.15, -0.1) is 0 Å². The van der Waals surface area contributed by atoms with Gasteiger partial charge in [0.2, 0.25) is 11.8 Å². The summed E-state index contributed by atoms with van der Waals surface area (Å²) in [6.45, 7) is 1.43. The van der Waals surface area contributed by atoms with Crippen LogP contribution in [0.1, 0.15) is 6.42 Å². The van der Waals surface area contributed by atoms with Crippen molar-refractivity contribution in [2.45, 2.75) is 6.42 Å². The summed E-state index contributed by atoms with van der Waals surface area (Å²) in [6.07, 6.45) is 0.241. The molecule has 0 aromatic heterocycles. The predicted octanol–water partition coefficient (Wildman–Crippen LogP) is 2.91. The standard InChI is InChI=1S/C20H22N2O4/c1-25-12-11-22-14-15(13-19(22)23)20(24)21-16-7-9-18(10-8-16)26-17-5-3-2-4-6-17/h2-10,15H,11-14H2,1H3,(H,21,24). The summed E-state index contributed by atoms with van der Waals surface area (Å²) in [6, 6.07) is 16.7. The first-order valence-electron chi connectivity index (χ1n) is 8.56. The topological polar surface area (TPSA) is 67.9 Å². The van der Waals surface area contributed by atoms with Crippen LogP contribution in [-0.2, 0) is 14.3 Å². The molecule has 1 fully saturated rings. The fourth-order valence-corrected chi connectivity index (χ4v) is 2.84. The van der Waals surface area contributed by atoms with E-state index in [0.29, 0.717) is 31.1 Å². The van der Waals surface area contributed by atoms with Gasteiger partial charge in [0.1, 0.15) is 11.5 Å². The Labute approximate surface area is 152 Å². The maximum Gasteiger partial charge on any atom is 0.229 e. The van der Waals surface area contributed by atoms with Crippen molar-refractivity contribution in [3.8, 4) is 11.5 Å². The van der Waals surface area contributed by atoms with E-state index in [1.54, 1.807) is 36.3 Å². The lowest BCUT2D eigenvalue weighted by atomic mass is 10.1. The number of likely N-dealkylation sites (tertiary alicyclic amines) is 1. The maximum atomic E-state index is 12.4. The van der Waals surface area contributed by atoms with E-state index in [1.807, 2.05) is 30.3 Å². The van der Waals surface area contributed by atoms with E-state index >= 15 is 0 Å². The number of carbonyl (C=O) groups excluding carboxylic acids is 2. The molecule has 2 amide bonds. The molecule has 2 aromatic rings. The van der Waals surface area contributed by atoms with Crippen molar-refractivity contribution < 1.29 is 19.1 Å². The molecular weight excluding hydrogens is 332 g/mol. The summed E-state index contributed by atoms with van der Waals surface area (Å²) in [5.74, 6) is 0.962. The molecule has 1 heterocycles. The Hall–Kier alpha value is -2.86. The lowest BCUT2D eigenvalue weighted by molar-refractivity contribution is -0.128. The number of hydrogen-bond acceptors (Lipinski definition) is 4. The van der Waals surface area contributed by atoms with Crippen molar-refractivity contribution in [1.29, 1.82) is 0 Å². The largest absolute Gasteiger partial charge is 0.457 e. The second-order valence-corrected chi connectivity index (χ2v) is 6.16. The van der Waals surface area contributed by atoms with Gasteiger partial charge in [-0.25, -0.2) is 0 Å². The van der Waals surface area contributed by atoms with Crippen LogP contribution >= 0.6 is 0 Å². The van der Waals surface area contributed by atoms with Crippen molar-refractivity contribution in [2.24, 2.45) is 5.92 Å². The second-order valence-electron chi connectivity index (χ2n) is 6.16. The van der Waals surface area contributed by atoms with Crippen LogP contribution in [0.5, 0.6) is 11.5 Å². The van der Waals surface area contributed by atoms with Crippen molar-refractivity contribution in [2.75, 3.05) is 32.1 Å². The van der Waals surface area contributed by atoms with Crippen LogP contribution in [0.2, 0.25) is 0 Å². The van der Waals surface area contributed by atoms with E-state index in [2.05, 4.69) is 5.32 Å². The number of carbonyl (C=O) groups is 2. The van der Waals surface area contributed by atoms with Gasteiger partial charge in [0, 0.05) is 32.3 Å². The fraction of sp³-hybridized carbons (Fsp3) is 0.300. The minimum Gasteiger partial charge on any atom is -0.457 e. The lowest BCUT2D eigenvalue weighted by Crippen LogP contribution is -2.30. The van der Waals surface area contributed by atoms with Crippen LogP contribution in [0.15, 0.2) is 54.6 Å². The molecule has 0 aliphatic carbocycles. The number of nitrogens with one attached hydrogen (secondary N) is 1. The van der Waals surface area contributed by atoms with Crippen molar-refractivity contribution >= 4 is 17.5 Å². The van der Waals surface area contributed by atoms with Gasteiger partial charge in [-0.2, -0.15) is 0 Å². The highest BCUT2D eigenvalue weighted by atomic mass is 16.5. The Kier molecular flexibility index (Phi) is 5.86. The van der Waals surface area contributed by atoms with E-state index in [-0.39, 0.29) is 24.2 Å². The van der Waals surface area contributed by atoms with Crippen molar-refractivity contribution in [3.63, 3.8) is 0 Å². The number of para-hydroxylation sites is 1. The van der Waals surface area contributed by atoms with Gasteiger partial charge in [-0.05, 0) is 36.4 Å². The summed E-state index contributed by atoms with van der Waals surface area (Å²) >= 11 is 0. The van der Waals surface area contributed by atoms with E-state index in [4.69, 9.17) is 9.47 Å². The van der Waals surface area contributed by atoms with Gasteiger partial charge in [0.25, 0.3) is 0 Å². The third kappa shape index (κ3) is 4.61. The Morgan fingerprint density at radius 1 is 1.12 bits per heavy atom. The SMILES string of the molecule is COCCN1CC(C(=O)Nc2ccc(Oc3ccccc3)cc2)CC1=O. The lowest BCUT2D eigenvalue weighted by Gasteiger charge is -2.16. The molecule has 0 saturated carbocycles. The first-order valence-corrected chi connectivity index (χ1v) is 8.56. The number of hydrogen-bond donors (Lipinski definition) is 1. The minimum atomic E-state index is -0.334. The third-order valence-corrected chi connectivity index (χ3v) is 4.25. The number of methoxy groups -OCH3 is 1. The van der Waals surface area contributed by atoms with Crippen LogP contribution < -0.4 is 10.1 Å². The van der Waals surface area contributed by atoms with E-state index in [0.717, 1.165) is 5.75 Å². The molecule has 1 atom stereocenters. The number of amides is 2. The van der Waals surface area contributed by atoms with Gasteiger partial charge in [0.15, 0.2) is 0 Å². The van der Waals surface area contributed by atoms with Gasteiger partial charge in [-0.1, -0.05) is 18.2 Å². The van der Waals surface area contributed by atoms with Crippen LogP contribution in [-0.4, -0.2) is 43.5 Å². The average Bonchev–Trinajstić information content (AvgIpc) is 3.03. The zero-order chi connectivity index (χ0) is 18.4. The van der Waals surface area contributed by atoms with Crippen molar-refractivity contribution in [1.82, 2.24) is 4.90 Å². The number of nitrogens with zero attached hydrogens (tertiary/aromatic N) is 1. The zero-order valence-electron chi connectivity index (χ0n) is 14.7. The van der Waals surface area contributed by atoms with Gasteiger partial charge in [0.05, 0.1) is 12.5 Å². The number of rotatable bonds is 7. The predicted molar refractivity (Wildman–Crippen MR) is 98.2 cm³/mol. The highest BCUT2D eigenvalue weighted by molar-refractivity contribution is 5.97. The van der Waals surface area contributed by atoms with E-state index in [9.17, 15) is 9.59 Å². The highest BCUT2D eigenvalue weighted by Crippen LogP contribution is 2.24. The Morgan fingerprint density at radius 2 is 1.81 bits per heavy atom. The minimum absolute atomic E-state index is 0.00573. The molecule has 1 aliphatic heterocycles. The molecule has 6 heteroatoms. The van der Waals surface area contributed by atoms with Crippen LogP contribution in [0.25, 0.3) is 0 Å². The monoisotopic (exact) mass is 354 g/mol. The normalized spacial score (nSPS) is 16.6. The van der Waals surface area contributed by atoms with Crippen LogP contribution in [0.4, 0.5) is 5.69 Å². The molecule has 1 unspecified atom stereocenters. The summed E-state index contributed by atoms with van der Waals surface area (Å²) in [4.78, 5) is 26.0. The van der Waals surface area contributed by atoms with Crippen LogP contribution in [0.3, 0.4) is 0 Å². The van der Waals surface area contributed by atoms with Crippen molar-refractivity contribution in [3.05, 3.63) is 54.6 Å². The molecule has 6 nitrogen and oxygen atoms in total. The smallest absolute Gasteiger partial charge is 0.229 e. The number of anilines is 1. The fourth-order valence-electron chi connectivity index (χ4n) is 2.84. The van der Waals surface area contributed by atoms with E-state index in [1.165, 1.54) is 0 Å². The van der Waals surface area contributed by atoms with E-state index < -0.39 is 0 Å². The van der Waals surface area contributed by atoms with Gasteiger partial charge >= 0.3 is 0 Å². The summed E-state index contributed by atoms with van der Waals surface area (Å²) < 4.78 is 10.7. The molecule has 2 aromatic carbocycles. The maximum absolute atomic E-state index is 12.4. The quantitative estimate of drug-likeness (QED) is 0.830. The molecule has 0 spiro atoms. The first-order chi connectivity index (χ1) is 12.7. The molecule has 0 bridgehead atoms. The molecule has 0 radical (unpaired) electrons. The molecule has 1 N–H and O–H groups in total. The highest BCUT2D eigenvalue weighted by Gasteiger charge is 2.33.